The van der Waals surface area contributed by atoms with Gasteiger partial charge in [0.1, 0.15) is 18.6 Å². The lowest BCUT2D eigenvalue weighted by Gasteiger charge is -2.26. The molecule has 1 saturated heterocycles. The second-order valence-corrected chi connectivity index (χ2v) is 6.42. The molecule has 4 rings (SSSR count). The van der Waals surface area contributed by atoms with Crippen LogP contribution in [0.4, 0.5) is 8.78 Å². The molecule has 1 aromatic carbocycles. The third kappa shape index (κ3) is 3.95. The first-order valence-electron chi connectivity index (χ1n) is 8.59. The Morgan fingerprint density at radius 3 is 2.63 bits per heavy atom. The van der Waals surface area contributed by atoms with Crippen LogP contribution in [0.3, 0.4) is 0 Å². The minimum atomic E-state index is -0.656. The van der Waals surface area contributed by atoms with Gasteiger partial charge in [0.2, 0.25) is 5.88 Å². The van der Waals surface area contributed by atoms with Crippen LogP contribution in [0, 0.1) is 12.7 Å². The SMILES string of the molecule is Cc1cn(-c2nc(Cc3ccc(F)cc3)cc(OC3COC3)n2)nc1CF. The lowest BCUT2D eigenvalue weighted by atomic mass is 10.1. The van der Waals surface area contributed by atoms with Gasteiger partial charge in [-0.05, 0) is 30.2 Å². The molecule has 3 aromatic rings. The summed E-state index contributed by atoms with van der Waals surface area (Å²) in [5, 5.41) is 4.20. The summed E-state index contributed by atoms with van der Waals surface area (Å²) in [5.74, 6) is 0.412. The van der Waals surface area contributed by atoms with Gasteiger partial charge in [-0.15, -0.1) is 0 Å². The van der Waals surface area contributed by atoms with Gasteiger partial charge in [0.15, 0.2) is 0 Å². The van der Waals surface area contributed by atoms with E-state index in [0.717, 1.165) is 11.1 Å². The summed E-state index contributed by atoms with van der Waals surface area (Å²) in [6.07, 6.45) is 2.11. The third-order valence-electron chi connectivity index (χ3n) is 4.27. The van der Waals surface area contributed by atoms with Crippen LogP contribution in [0.5, 0.6) is 5.88 Å². The number of aromatic nitrogens is 4. The monoisotopic (exact) mass is 372 g/mol. The van der Waals surface area contributed by atoms with E-state index in [1.807, 2.05) is 0 Å². The molecule has 1 fully saturated rings. The molecule has 0 saturated carbocycles. The largest absolute Gasteiger partial charge is 0.469 e. The zero-order valence-electron chi connectivity index (χ0n) is 14.7. The van der Waals surface area contributed by atoms with E-state index in [2.05, 4.69) is 15.1 Å². The highest BCUT2D eigenvalue weighted by Gasteiger charge is 2.22. The molecule has 0 radical (unpaired) electrons. The molecule has 140 valence electrons. The Kier molecular flexibility index (Phi) is 4.81. The quantitative estimate of drug-likeness (QED) is 0.666. The Hall–Kier alpha value is -2.87. The molecule has 0 aliphatic carbocycles. The number of alkyl halides is 1. The number of hydrogen-bond donors (Lipinski definition) is 0. The maximum absolute atomic E-state index is 13.1. The van der Waals surface area contributed by atoms with Crippen molar-refractivity contribution in [1.82, 2.24) is 19.7 Å². The van der Waals surface area contributed by atoms with Gasteiger partial charge in [-0.3, -0.25) is 0 Å². The van der Waals surface area contributed by atoms with Crippen molar-refractivity contribution < 1.29 is 18.3 Å². The van der Waals surface area contributed by atoms with Crippen LogP contribution in [0.15, 0.2) is 36.5 Å². The molecule has 1 aliphatic heterocycles. The number of benzene rings is 1. The van der Waals surface area contributed by atoms with Gasteiger partial charge in [0, 0.05) is 18.7 Å². The first-order valence-corrected chi connectivity index (χ1v) is 8.59. The predicted molar refractivity (Wildman–Crippen MR) is 93.1 cm³/mol. The zero-order chi connectivity index (χ0) is 18.8. The van der Waals surface area contributed by atoms with Crippen molar-refractivity contribution in [1.29, 1.82) is 0 Å². The van der Waals surface area contributed by atoms with E-state index in [4.69, 9.17) is 9.47 Å². The van der Waals surface area contributed by atoms with Crippen molar-refractivity contribution in [2.75, 3.05) is 13.2 Å². The molecule has 1 aliphatic rings. The molecule has 2 aromatic heterocycles. The number of halogens is 2. The maximum atomic E-state index is 13.1. The molecule has 0 bridgehead atoms. The standard InChI is InChI=1S/C19H18F2N4O2/c1-12-9-25(24-17(12)8-20)19-22-15(6-13-2-4-14(21)5-3-13)7-18(23-19)27-16-10-26-11-16/h2-5,7,9,16H,6,8,10-11H2,1H3. The van der Waals surface area contributed by atoms with Crippen molar-refractivity contribution in [2.45, 2.75) is 26.1 Å². The molecule has 0 atom stereocenters. The Morgan fingerprint density at radius 2 is 2.00 bits per heavy atom. The highest BCUT2D eigenvalue weighted by atomic mass is 19.1. The van der Waals surface area contributed by atoms with E-state index in [1.165, 1.54) is 16.8 Å². The fourth-order valence-electron chi connectivity index (χ4n) is 2.71. The molecule has 0 N–H and O–H groups in total. The fraction of sp³-hybridized carbons (Fsp3) is 0.316. The number of nitrogens with zero attached hydrogens (tertiary/aromatic N) is 4. The molecular weight excluding hydrogens is 354 g/mol. The Morgan fingerprint density at radius 1 is 1.22 bits per heavy atom. The van der Waals surface area contributed by atoms with Crippen LogP contribution in [0.1, 0.15) is 22.5 Å². The molecule has 3 heterocycles. The summed E-state index contributed by atoms with van der Waals surface area (Å²) < 4.78 is 38.6. The van der Waals surface area contributed by atoms with Gasteiger partial charge >= 0.3 is 0 Å². The first-order chi connectivity index (χ1) is 13.1. The molecule has 27 heavy (non-hydrogen) atoms. The highest BCUT2D eigenvalue weighted by Crippen LogP contribution is 2.19. The second-order valence-electron chi connectivity index (χ2n) is 6.42. The third-order valence-corrected chi connectivity index (χ3v) is 4.27. The van der Waals surface area contributed by atoms with Gasteiger partial charge in [-0.25, -0.2) is 18.4 Å². The van der Waals surface area contributed by atoms with Crippen molar-refractivity contribution in [3.05, 3.63) is 64.9 Å². The van der Waals surface area contributed by atoms with Gasteiger partial charge in [-0.2, -0.15) is 10.1 Å². The zero-order valence-corrected chi connectivity index (χ0v) is 14.7. The Labute approximate surface area is 154 Å². The molecular formula is C19H18F2N4O2. The van der Waals surface area contributed by atoms with Crippen LogP contribution in [-0.2, 0) is 17.8 Å². The normalized spacial score (nSPS) is 14.2. The van der Waals surface area contributed by atoms with Crippen LogP contribution in [-0.4, -0.2) is 39.1 Å². The molecule has 0 amide bonds. The lowest BCUT2D eigenvalue weighted by Crippen LogP contribution is -2.38. The van der Waals surface area contributed by atoms with Crippen molar-refractivity contribution in [2.24, 2.45) is 0 Å². The number of hydrogen-bond acceptors (Lipinski definition) is 5. The average molecular weight is 372 g/mol. The van der Waals surface area contributed by atoms with Gasteiger partial charge in [0.05, 0.1) is 24.6 Å². The lowest BCUT2D eigenvalue weighted by molar-refractivity contribution is -0.0814. The summed E-state index contributed by atoms with van der Waals surface area (Å²) in [6, 6.07) is 7.97. The van der Waals surface area contributed by atoms with Crippen LogP contribution in [0.2, 0.25) is 0 Å². The summed E-state index contributed by atoms with van der Waals surface area (Å²) in [5.41, 5.74) is 2.66. The van der Waals surface area contributed by atoms with E-state index >= 15 is 0 Å². The fourth-order valence-corrected chi connectivity index (χ4v) is 2.71. The minimum Gasteiger partial charge on any atom is -0.469 e. The highest BCUT2D eigenvalue weighted by molar-refractivity contribution is 5.29. The Balaban J connectivity index is 1.68. The molecule has 8 heteroatoms. The summed E-state index contributed by atoms with van der Waals surface area (Å²) in [7, 11) is 0. The maximum Gasteiger partial charge on any atom is 0.254 e. The van der Waals surface area contributed by atoms with Crippen molar-refractivity contribution in [3.63, 3.8) is 0 Å². The van der Waals surface area contributed by atoms with E-state index in [-0.39, 0.29) is 11.9 Å². The summed E-state index contributed by atoms with van der Waals surface area (Å²) >= 11 is 0. The molecule has 6 nitrogen and oxygen atoms in total. The Bertz CT molecular complexity index is 939. The summed E-state index contributed by atoms with van der Waals surface area (Å²) in [4.78, 5) is 8.92. The topological polar surface area (TPSA) is 62.1 Å². The van der Waals surface area contributed by atoms with E-state index < -0.39 is 6.67 Å². The van der Waals surface area contributed by atoms with Gasteiger partial charge < -0.3 is 9.47 Å². The summed E-state index contributed by atoms with van der Waals surface area (Å²) in [6.45, 7) is 2.15. The van der Waals surface area contributed by atoms with Gasteiger partial charge in [0.25, 0.3) is 5.95 Å². The van der Waals surface area contributed by atoms with Crippen LogP contribution < -0.4 is 4.74 Å². The van der Waals surface area contributed by atoms with Crippen LogP contribution in [0.25, 0.3) is 5.95 Å². The molecule has 0 unspecified atom stereocenters. The smallest absolute Gasteiger partial charge is 0.254 e. The minimum absolute atomic E-state index is 0.0489. The van der Waals surface area contributed by atoms with E-state index in [0.29, 0.717) is 42.9 Å². The van der Waals surface area contributed by atoms with Crippen molar-refractivity contribution in [3.8, 4) is 11.8 Å². The van der Waals surface area contributed by atoms with E-state index in [1.54, 1.807) is 31.3 Å². The van der Waals surface area contributed by atoms with Crippen molar-refractivity contribution >= 4 is 0 Å². The molecule has 0 spiro atoms. The van der Waals surface area contributed by atoms with Crippen LogP contribution >= 0.6 is 0 Å². The average Bonchev–Trinajstić information content (AvgIpc) is 3.01. The van der Waals surface area contributed by atoms with E-state index in [9.17, 15) is 8.78 Å². The first kappa shape index (κ1) is 17.5. The second kappa shape index (κ2) is 7.40. The van der Waals surface area contributed by atoms with Gasteiger partial charge in [-0.1, -0.05) is 12.1 Å². The predicted octanol–water partition coefficient (Wildman–Crippen LogP) is 2.95. The number of ether oxygens (including phenoxy) is 2. The number of rotatable bonds is 6. The number of aryl methyl sites for hydroxylation is 1.